The van der Waals surface area contributed by atoms with E-state index in [1.54, 1.807) is 12.1 Å². The lowest BCUT2D eigenvalue weighted by Gasteiger charge is -2.39. The van der Waals surface area contributed by atoms with Crippen molar-refractivity contribution in [3.63, 3.8) is 0 Å². The first-order valence-electron chi connectivity index (χ1n) is 11.7. The molecule has 178 valence electrons. The molecule has 1 unspecified atom stereocenters. The third-order valence-electron chi connectivity index (χ3n) is 6.57. The highest BCUT2D eigenvalue weighted by molar-refractivity contribution is 9.10. The number of anilines is 1. The highest BCUT2D eigenvalue weighted by atomic mass is 79.9. The third-order valence-corrected chi connectivity index (χ3v) is 7.10. The number of nitrogens with zero attached hydrogens (tertiary/aromatic N) is 5. The highest BCUT2D eigenvalue weighted by Gasteiger charge is 2.32. The molecule has 1 aromatic heterocycles. The van der Waals surface area contributed by atoms with Crippen molar-refractivity contribution < 1.29 is 13.7 Å². The molecule has 2 saturated heterocycles. The summed E-state index contributed by atoms with van der Waals surface area (Å²) in [5.74, 6) is 1.07. The molecule has 2 aliphatic rings. The molecular formula is C25H27BrFN5O2. The average Bonchev–Trinajstić information content (AvgIpc) is 3.33. The second kappa shape index (κ2) is 10.2. The Morgan fingerprint density at radius 1 is 1.06 bits per heavy atom. The van der Waals surface area contributed by atoms with Crippen LogP contribution in [0.1, 0.15) is 18.7 Å². The molecule has 9 heteroatoms. The first kappa shape index (κ1) is 23.0. The van der Waals surface area contributed by atoms with Gasteiger partial charge in [-0.1, -0.05) is 33.2 Å². The van der Waals surface area contributed by atoms with Crippen LogP contribution in [0.15, 0.2) is 57.5 Å². The molecule has 2 fully saturated rings. The van der Waals surface area contributed by atoms with Crippen molar-refractivity contribution >= 4 is 27.5 Å². The van der Waals surface area contributed by atoms with Crippen LogP contribution in [0.25, 0.3) is 11.4 Å². The number of hydrogen-bond donors (Lipinski definition) is 0. The van der Waals surface area contributed by atoms with Crippen LogP contribution < -0.4 is 4.90 Å². The summed E-state index contributed by atoms with van der Waals surface area (Å²) < 4.78 is 20.6. The number of hydrogen-bond acceptors (Lipinski definition) is 6. The molecule has 3 heterocycles. The van der Waals surface area contributed by atoms with E-state index >= 15 is 0 Å². The summed E-state index contributed by atoms with van der Waals surface area (Å²) in [7, 11) is 0. The Morgan fingerprint density at radius 3 is 2.59 bits per heavy atom. The summed E-state index contributed by atoms with van der Waals surface area (Å²) in [5, 5.41) is 4.11. The molecule has 0 aliphatic carbocycles. The summed E-state index contributed by atoms with van der Waals surface area (Å²) in [5.41, 5.74) is 1.51. The molecular weight excluding hydrogens is 501 g/mol. The van der Waals surface area contributed by atoms with Gasteiger partial charge >= 0.3 is 0 Å². The largest absolute Gasteiger partial charge is 0.366 e. The molecule has 0 spiro atoms. The molecule has 1 amide bonds. The molecule has 1 atom stereocenters. The van der Waals surface area contributed by atoms with Crippen LogP contribution in [-0.4, -0.2) is 65.1 Å². The van der Waals surface area contributed by atoms with Crippen LogP contribution in [-0.2, 0) is 11.3 Å². The fourth-order valence-corrected chi connectivity index (χ4v) is 5.03. The first-order valence-corrected chi connectivity index (χ1v) is 12.5. The van der Waals surface area contributed by atoms with E-state index in [4.69, 9.17) is 4.52 Å². The minimum Gasteiger partial charge on any atom is -0.366 e. The fourth-order valence-electron chi connectivity index (χ4n) is 4.76. The zero-order valence-corrected chi connectivity index (χ0v) is 20.5. The standard InChI is InChI=1S/C25H27BrFN5O2/c26-20-9-7-18(8-10-20)24-28-23(34-29-24)17-30-11-3-4-19(16-30)25(33)32-14-12-31(13-15-32)22-6-2-1-5-21(22)27/h1-2,5-10,19H,3-4,11-17H2. The van der Waals surface area contributed by atoms with Crippen LogP contribution in [0, 0.1) is 11.7 Å². The van der Waals surface area contributed by atoms with Gasteiger partial charge < -0.3 is 14.3 Å². The van der Waals surface area contributed by atoms with Gasteiger partial charge in [0.05, 0.1) is 18.2 Å². The fraction of sp³-hybridized carbons (Fsp3) is 0.400. The molecule has 0 saturated carbocycles. The maximum absolute atomic E-state index is 14.1. The average molecular weight is 528 g/mol. The van der Waals surface area contributed by atoms with E-state index < -0.39 is 0 Å². The van der Waals surface area contributed by atoms with Crippen molar-refractivity contribution in [2.24, 2.45) is 5.92 Å². The first-order chi connectivity index (χ1) is 16.6. The van der Waals surface area contributed by atoms with Gasteiger partial charge in [-0.25, -0.2) is 4.39 Å². The van der Waals surface area contributed by atoms with Gasteiger partial charge in [-0.3, -0.25) is 9.69 Å². The summed E-state index contributed by atoms with van der Waals surface area (Å²) in [6.45, 7) is 4.64. The maximum atomic E-state index is 14.1. The summed E-state index contributed by atoms with van der Waals surface area (Å²) in [6.07, 6.45) is 1.84. The lowest BCUT2D eigenvalue weighted by Crippen LogP contribution is -2.52. The number of piperazine rings is 1. The second-order valence-corrected chi connectivity index (χ2v) is 9.77. The van der Waals surface area contributed by atoms with Gasteiger partial charge in [0.2, 0.25) is 17.6 Å². The van der Waals surface area contributed by atoms with E-state index in [1.807, 2.05) is 40.1 Å². The van der Waals surface area contributed by atoms with Crippen molar-refractivity contribution in [3.8, 4) is 11.4 Å². The maximum Gasteiger partial charge on any atom is 0.241 e. The third kappa shape index (κ3) is 5.15. The number of para-hydroxylation sites is 1. The van der Waals surface area contributed by atoms with E-state index in [1.165, 1.54) is 6.07 Å². The molecule has 3 aromatic rings. The van der Waals surface area contributed by atoms with E-state index in [0.717, 1.165) is 29.4 Å². The number of piperidine rings is 1. The summed E-state index contributed by atoms with van der Waals surface area (Å²) in [4.78, 5) is 23.9. The molecule has 0 N–H and O–H groups in total. The molecule has 2 aliphatic heterocycles. The van der Waals surface area contributed by atoms with Gasteiger partial charge in [0.25, 0.3) is 0 Å². The smallest absolute Gasteiger partial charge is 0.241 e. The molecule has 34 heavy (non-hydrogen) atoms. The quantitative estimate of drug-likeness (QED) is 0.495. The Kier molecular flexibility index (Phi) is 6.92. The zero-order valence-electron chi connectivity index (χ0n) is 18.9. The number of likely N-dealkylation sites (tertiary alicyclic amines) is 1. The van der Waals surface area contributed by atoms with Crippen molar-refractivity contribution in [2.45, 2.75) is 19.4 Å². The number of aromatic nitrogens is 2. The van der Waals surface area contributed by atoms with Crippen molar-refractivity contribution in [1.82, 2.24) is 19.9 Å². The van der Waals surface area contributed by atoms with Gasteiger partial charge in [-0.05, 0) is 55.8 Å². The molecule has 5 rings (SSSR count). The van der Waals surface area contributed by atoms with Gasteiger partial charge in [-0.15, -0.1) is 0 Å². The van der Waals surface area contributed by atoms with Crippen molar-refractivity contribution in [3.05, 3.63) is 64.7 Å². The van der Waals surface area contributed by atoms with Crippen LogP contribution in [0.2, 0.25) is 0 Å². The Hall–Kier alpha value is -2.78. The lowest BCUT2D eigenvalue weighted by molar-refractivity contribution is -0.137. The van der Waals surface area contributed by atoms with Crippen LogP contribution in [0.4, 0.5) is 10.1 Å². The highest BCUT2D eigenvalue weighted by Crippen LogP contribution is 2.25. The number of rotatable bonds is 5. The van der Waals surface area contributed by atoms with Gasteiger partial charge in [0, 0.05) is 42.8 Å². The molecule has 0 radical (unpaired) electrons. The number of amides is 1. The summed E-state index contributed by atoms with van der Waals surface area (Å²) >= 11 is 3.43. The van der Waals surface area contributed by atoms with E-state index in [0.29, 0.717) is 56.7 Å². The number of halogens is 2. The molecule has 0 bridgehead atoms. The lowest BCUT2D eigenvalue weighted by atomic mass is 9.96. The summed E-state index contributed by atoms with van der Waals surface area (Å²) in [6, 6.07) is 14.6. The number of carbonyl (C=O) groups excluding carboxylic acids is 1. The monoisotopic (exact) mass is 527 g/mol. The SMILES string of the molecule is O=C(C1CCCN(Cc2nc(-c3ccc(Br)cc3)no2)C1)N1CCN(c2ccccc2F)CC1. The van der Waals surface area contributed by atoms with E-state index in [2.05, 4.69) is 31.0 Å². The van der Waals surface area contributed by atoms with E-state index in [9.17, 15) is 9.18 Å². The van der Waals surface area contributed by atoms with Gasteiger partial charge in [-0.2, -0.15) is 4.98 Å². The topological polar surface area (TPSA) is 65.7 Å². The minimum atomic E-state index is -0.213. The predicted octanol–water partition coefficient (Wildman–Crippen LogP) is 4.20. The molecule has 2 aromatic carbocycles. The predicted molar refractivity (Wildman–Crippen MR) is 131 cm³/mol. The minimum absolute atomic E-state index is 0.0392. The van der Waals surface area contributed by atoms with E-state index in [-0.39, 0.29) is 17.6 Å². The van der Waals surface area contributed by atoms with Crippen molar-refractivity contribution in [1.29, 1.82) is 0 Å². The molecule has 7 nitrogen and oxygen atoms in total. The Morgan fingerprint density at radius 2 is 1.82 bits per heavy atom. The van der Waals surface area contributed by atoms with Gasteiger partial charge in [0.15, 0.2) is 0 Å². The zero-order chi connectivity index (χ0) is 23.5. The number of benzene rings is 2. The Bertz CT molecular complexity index is 1130. The Labute approximate surface area is 206 Å². The Balaban J connectivity index is 1.15. The van der Waals surface area contributed by atoms with Crippen LogP contribution in [0.5, 0.6) is 0 Å². The number of carbonyl (C=O) groups is 1. The van der Waals surface area contributed by atoms with Crippen LogP contribution >= 0.6 is 15.9 Å². The van der Waals surface area contributed by atoms with Gasteiger partial charge in [0.1, 0.15) is 5.82 Å². The van der Waals surface area contributed by atoms with Crippen molar-refractivity contribution in [2.75, 3.05) is 44.2 Å². The second-order valence-electron chi connectivity index (χ2n) is 8.86. The van der Waals surface area contributed by atoms with Crippen LogP contribution in [0.3, 0.4) is 0 Å². The normalized spacial score (nSPS) is 19.4.